The molecule has 0 saturated heterocycles. The van der Waals surface area contributed by atoms with Crippen LogP contribution in [0.5, 0.6) is 5.75 Å². The Bertz CT molecular complexity index is 847. The number of nitrogens with one attached hydrogen (secondary N) is 2. The van der Waals surface area contributed by atoms with Gasteiger partial charge in [-0.1, -0.05) is 0 Å². The van der Waals surface area contributed by atoms with Crippen LogP contribution in [0.1, 0.15) is 25.7 Å². The largest absolute Gasteiger partial charge is 0.497 e. The van der Waals surface area contributed by atoms with Gasteiger partial charge in [0.05, 0.1) is 12.8 Å². The van der Waals surface area contributed by atoms with Crippen molar-refractivity contribution in [1.29, 1.82) is 0 Å². The van der Waals surface area contributed by atoms with E-state index in [9.17, 15) is 18.4 Å². The van der Waals surface area contributed by atoms with Crippen LogP contribution in [0.4, 0.5) is 20.2 Å². The Morgan fingerprint density at radius 3 is 2.00 bits per heavy atom. The first-order valence-corrected chi connectivity index (χ1v) is 9.17. The van der Waals surface area contributed by atoms with Crippen LogP contribution in [0.3, 0.4) is 0 Å². The molecule has 0 aliphatic heterocycles. The van der Waals surface area contributed by atoms with Crippen LogP contribution in [-0.4, -0.2) is 18.9 Å². The lowest BCUT2D eigenvalue weighted by Crippen LogP contribution is -2.32. The van der Waals surface area contributed by atoms with Crippen molar-refractivity contribution in [2.24, 2.45) is 11.8 Å². The molecular formula is C21H22F2N2O3. The summed E-state index contributed by atoms with van der Waals surface area (Å²) in [6.07, 6.45) is 2.22. The highest BCUT2D eigenvalue weighted by Gasteiger charge is 2.30. The van der Waals surface area contributed by atoms with E-state index in [2.05, 4.69) is 10.6 Å². The summed E-state index contributed by atoms with van der Waals surface area (Å²) in [7, 11) is 1.58. The second kappa shape index (κ2) is 8.82. The van der Waals surface area contributed by atoms with Crippen LogP contribution in [0.25, 0.3) is 0 Å². The van der Waals surface area contributed by atoms with Crippen LogP contribution in [-0.2, 0) is 9.59 Å². The molecule has 3 rings (SSSR count). The Balaban J connectivity index is 1.50. The van der Waals surface area contributed by atoms with Crippen molar-refractivity contribution in [1.82, 2.24) is 0 Å². The third kappa shape index (κ3) is 4.85. The first kappa shape index (κ1) is 19.8. The SMILES string of the molecule is COc1ccc(NC(=O)C2CCC(C(=O)Nc3ccc(F)cc3F)CC2)cc1. The van der Waals surface area contributed by atoms with Crippen molar-refractivity contribution >= 4 is 23.2 Å². The highest BCUT2D eigenvalue weighted by Crippen LogP contribution is 2.31. The molecule has 2 amide bonds. The number of rotatable bonds is 5. The maximum Gasteiger partial charge on any atom is 0.227 e. The number of amides is 2. The van der Waals surface area contributed by atoms with Gasteiger partial charge in [0.15, 0.2) is 0 Å². The molecule has 2 aromatic carbocycles. The molecule has 148 valence electrons. The van der Waals surface area contributed by atoms with Crippen LogP contribution in [0, 0.1) is 23.5 Å². The lowest BCUT2D eigenvalue weighted by molar-refractivity contribution is -0.125. The molecule has 1 saturated carbocycles. The summed E-state index contributed by atoms with van der Waals surface area (Å²) in [5, 5.41) is 5.39. The molecule has 0 radical (unpaired) electrons. The van der Waals surface area contributed by atoms with Crippen LogP contribution in [0.2, 0.25) is 0 Å². The minimum Gasteiger partial charge on any atom is -0.497 e. The standard InChI is InChI=1S/C21H22F2N2O3/c1-28-17-9-7-16(8-10-17)24-20(26)13-2-4-14(5-3-13)21(27)25-19-11-6-15(22)12-18(19)23/h6-14H,2-5H2,1H3,(H,24,26)(H,25,27). The van der Waals surface area contributed by atoms with E-state index in [1.807, 2.05) is 0 Å². The number of carbonyl (C=O) groups is 2. The molecule has 1 aliphatic rings. The van der Waals surface area contributed by atoms with E-state index in [4.69, 9.17) is 4.74 Å². The average molecular weight is 388 g/mol. The van der Waals surface area contributed by atoms with Gasteiger partial charge in [-0.05, 0) is 62.1 Å². The Morgan fingerprint density at radius 1 is 0.893 bits per heavy atom. The molecule has 7 heteroatoms. The van der Waals surface area contributed by atoms with Gasteiger partial charge in [-0.25, -0.2) is 8.78 Å². The van der Waals surface area contributed by atoms with Crippen LogP contribution < -0.4 is 15.4 Å². The number of benzene rings is 2. The molecule has 1 aliphatic carbocycles. The highest BCUT2D eigenvalue weighted by atomic mass is 19.1. The Morgan fingerprint density at radius 2 is 1.46 bits per heavy atom. The third-order valence-corrected chi connectivity index (χ3v) is 5.02. The molecule has 0 spiro atoms. The van der Waals surface area contributed by atoms with E-state index in [1.54, 1.807) is 31.4 Å². The van der Waals surface area contributed by atoms with Gasteiger partial charge in [-0.2, -0.15) is 0 Å². The van der Waals surface area contributed by atoms with Gasteiger partial charge in [-0.3, -0.25) is 9.59 Å². The zero-order chi connectivity index (χ0) is 20.1. The lowest BCUT2D eigenvalue weighted by Gasteiger charge is -2.27. The zero-order valence-corrected chi connectivity index (χ0v) is 15.5. The number of hydrogen-bond acceptors (Lipinski definition) is 3. The van der Waals surface area contributed by atoms with E-state index in [0.717, 1.165) is 12.1 Å². The fourth-order valence-corrected chi connectivity index (χ4v) is 3.36. The summed E-state index contributed by atoms with van der Waals surface area (Å²) in [6, 6.07) is 10.1. The zero-order valence-electron chi connectivity index (χ0n) is 15.5. The molecule has 0 bridgehead atoms. The van der Waals surface area contributed by atoms with Gasteiger partial charge >= 0.3 is 0 Å². The van der Waals surface area contributed by atoms with Gasteiger partial charge in [0.25, 0.3) is 0 Å². The van der Waals surface area contributed by atoms with E-state index in [-0.39, 0.29) is 29.3 Å². The summed E-state index contributed by atoms with van der Waals surface area (Å²) < 4.78 is 31.7. The number of ether oxygens (including phenoxy) is 1. The number of carbonyl (C=O) groups excluding carboxylic acids is 2. The summed E-state index contributed by atoms with van der Waals surface area (Å²) >= 11 is 0. The molecule has 28 heavy (non-hydrogen) atoms. The maximum atomic E-state index is 13.7. The van der Waals surface area contributed by atoms with Crippen molar-refractivity contribution < 1.29 is 23.1 Å². The van der Waals surface area contributed by atoms with Crippen molar-refractivity contribution in [3.8, 4) is 5.75 Å². The molecule has 0 aromatic heterocycles. The molecule has 0 atom stereocenters. The van der Waals surface area contributed by atoms with Crippen molar-refractivity contribution in [3.63, 3.8) is 0 Å². The monoisotopic (exact) mass is 388 g/mol. The Kier molecular flexibility index (Phi) is 6.23. The topological polar surface area (TPSA) is 67.4 Å². The number of halogens is 2. The fraction of sp³-hybridized carbons (Fsp3) is 0.333. The summed E-state index contributed by atoms with van der Waals surface area (Å²) in [5.74, 6) is -1.64. The Hall–Kier alpha value is -2.96. The second-order valence-corrected chi connectivity index (χ2v) is 6.88. The van der Waals surface area contributed by atoms with Crippen LogP contribution in [0.15, 0.2) is 42.5 Å². The van der Waals surface area contributed by atoms with E-state index < -0.39 is 11.6 Å². The molecule has 1 fully saturated rings. The van der Waals surface area contributed by atoms with Crippen LogP contribution >= 0.6 is 0 Å². The van der Waals surface area contributed by atoms with E-state index >= 15 is 0 Å². The smallest absolute Gasteiger partial charge is 0.227 e. The van der Waals surface area contributed by atoms with E-state index in [0.29, 0.717) is 37.1 Å². The summed E-state index contributed by atoms with van der Waals surface area (Å²) in [5.41, 5.74) is 0.656. The third-order valence-electron chi connectivity index (χ3n) is 5.02. The quantitative estimate of drug-likeness (QED) is 0.800. The Labute approximate surface area is 162 Å². The summed E-state index contributed by atoms with van der Waals surface area (Å²) in [6.45, 7) is 0. The maximum absolute atomic E-state index is 13.7. The fourth-order valence-electron chi connectivity index (χ4n) is 3.36. The highest BCUT2D eigenvalue weighted by molar-refractivity contribution is 5.94. The number of hydrogen-bond donors (Lipinski definition) is 2. The second-order valence-electron chi connectivity index (χ2n) is 6.88. The van der Waals surface area contributed by atoms with Crippen molar-refractivity contribution in [3.05, 3.63) is 54.1 Å². The average Bonchev–Trinajstić information content (AvgIpc) is 2.70. The molecule has 0 unspecified atom stereocenters. The number of methoxy groups -OCH3 is 1. The molecule has 2 N–H and O–H groups in total. The minimum absolute atomic E-state index is 0.0363. The minimum atomic E-state index is -0.805. The normalized spacial score (nSPS) is 19.0. The lowest BCUT2D eigenvalue weighted by atomic mass is 9.81. The molecule has 5 nitrogen and oxygen atoms in total. The van der Waals surface area contributed by atoms with Gasteiger partial charge in [0.1, 0.15) is 17.4 Å². The molecule has 2 aromatic rings. The first-order valence-electron chi connectivity index (χ1n) is 9.17. The first-order chi connectivity index (χ1) is 13.5. The molecular weight excluding hydrogens is 366 g/mol. The van der Waals surface area contributed by atoms with Gasteiger partial charge in [0, 0.05) is 23.6 Å². The van der Waals surface area contributed by atoms with Gasteiger partial charge < -0.3 is 15.4 Å². The van der Waals surface area contributed by atoms with E-state index in [1.165, 1.54) is 6.07 Å². The number of anilines is 2. The van der Waals surface area contributed by atoms with Gasteiger partial charge in [0.2, 0.25) is 11.8 Å². The predicted molar refractivity (Wildman–Crippen MR) is 102 cm³/mol. The van der Waals surface area contributed by atoms with Gasteiger partial charge in [-0.15, -0.1) is 0 Å². The summed E-state index contributed by atoms with van der Waals surface area (Å²) in [4.78, 5) is 24.8. The molecule has 0 heterocycles. The van der Waals surface area contributed by atoms with Crippen molar-refractivity contribution in [2.45, 2.75) is 25.7 Å². The van der Waals surface area contributed by atoms with Crippen molar-refractivity contribution in [2.75, 3.05) is 17.7 Å². The predicted octanol–water partition coefficient (Wildman–Crippen LogP) is 4.36.